The fourth-order valence-electron chi connectivity index (χ4n) is 4.06. The molecule has 4 aromatic rings. The standard InChI is InChI=1S/C26H24N2O3S2/c1-15-4-10-21-18(11-15)13-23(32-21)26(30)31-14-24(29)27-19-7-5-17(6-8-19)25-28-20-9-3-16(2)12-22(20)33-25/h3,5-9,12-13,15H,4,10-11,14H2,1-2H3,(H,27,29)/t15-/m0/s1. The molecular weight excluding hydrogens is 452 g/mol. The molecule has 5 rings (SSSR count). The zero-order valence-electron chi connectivity index (χ0n) is 18.5. The number of rotatable bonds is 5. The van der Waals surface area contributed by atoms with Crippen LogP contribution in [-0.2, 0) is 22.4 Å². The van der Waals surface area contributed by atoms with Crippen molar-refractivity contribution < 1.29 is 14.3 Å². The van der Waals surface area contributed by atoms with Crippen LogP contribution in [0.3, 0.4) is 0 Å². The van der Waals surface area contributed by atoms with Gasteiger partial charge in [0.15, 0.2) is 6.61 Å². The van der Waals surface area contributed by atoms with Crippen LogP contribution in [0.15, 0.2) is 48.5 Å². The smallest absolute Gasteiger partial charge is 0.348 e. The number of carbonyl (C=O) groups excluding carboxylic acids is 2. The van der Waals surface area contributed by atoms with Crippen molar-refractivity contribution in [1.29, 1.82) is 0 Å². The summed E-state index contributed by atoms with van der Waals surface area (Å²) in [6, 6.07) is 15.7. The summed E-state index contributed by atoms with van der Waals surface area (Å²) in [6.07, 6.45) is 3.18. The molecule has 2 aromatic carbocycles. The van der Waals surface area contributed by atoms with Crippen LogP contribution >= 0.6 is 22.7 Å². The minimum absolute atomic E-state index is 0.309. The van der Waals surface area contributed by atoms with Crippen molar-refractivity contribution in [1.82, 2.24) is 4.98 Å². The van der Waals surface area contributed by atoms with E-state index < -0.39 is 5.97 Å². The summed E-state index contributed by atoms with van der Waals surface area (Å²) >= 11 is 3.14. The Bertz CT molecular complexity index is 1340. The van der Waals surface area contributed by atoms with Crippen LogP contribution in [0, 0.1) is 12.8 Å². The summed E-state index contributed by atoms with van der Waals surface area (Å²) in [5.74, 6) is -0.146. The summed E-state index contributed by atoms with van der Waals surface area (Å²) in [6.45, 7) is 3.99. The van der Waals surface area contributed by atoms with E-state index in [-0.39, 0.29) is 12.5 Å². The number of carbonyl (C=O) groups is 2. The number of fused-ring (bicyclic) bond motifs is 2. The summed E-state index contributed by atoms with van der Waals surface area (Å²) in [5, 5.41) is 3.73. The fourth-order valence-corrected chi connectivity index (χ4v) is 6.23. The maximum atomic E-state index is 12.4. The molecule has 0 saturated carbocycles. The van der Waals surface area contributed by atoms with Crippen molar-refractivity contribution >= 4 is 50.5 Å². The van der Waals surface area contributed by atoms with Crippen LogP contribution in [0.4, 0.5) is 5.69 Å². The van der Waals surface area contributed by atoms with E-state index in [1.54, 1.807) is 11.3 Å². The summed E-state index contributed by atoms with van der Waals surface area (Å²) in [4.78, 5) is 31.2. The first-order chi connectivity index (χ1) is 15.9. The molecule has 0 spiro atoms. The Kier molecular flexibility index (Phi) is 6.00. The van der Waals surface area contributed by atoms with Gasteiger partial charge in [-0.15, -0.1) is 22.7 Å². The molecule has 0 radical (unpaired) electrons. The van der Waals surface area contributed by atoms with Gasteiger partial charge in [-0.1, -0.05) is 13.0 Å². The average Bonchev–Trinajstić information content (AvgIpc) is 3.41. The number of anilines is 1. The third-order valence-corrected chi connectivity index (χ3v) is 8.11. The van der Waals surface area contributed by atoms with Crippen molar-refractivity contribution in [3.8, 4) is 10.6 Å². The van der Waals surface area contributed by atoms with Crippen LogP contribution in [0.2, 0.25) is 0 Å². The van der Waals surface area contributed by atoms with Crippen molar-refractivity contribution in [2.45, 2.75) is 33.1 Å². The Morgan fingerprint density at radius 3 is 2.76 bits per heavy atom. The minimum atomic E-state index is -0.432. The van der Waals surface area contributed by atoms with Crippen LogP contribution in [0.1, 0.15) is 39.0 Å². The van der Waals surface area contributed by atoms with Gasteiger partial charge < -0.3 is 10.1 Å². The Hall–Kier alpha value is -3.03. The zero-order chi connectivity index (χ0) is 22.9. The first kappa shape index (κ1) is 21.8. The van der Waals surface area contributed by atoms with E-state index in [0.29, 0.717) is 16.5 Å². The predicted octanol–water partition coefficient (Wildman–Crippen LogP) is 6.25. The molecule has 1 N–H and O–H groups in total. The first-order valence-corrected chi connectivity index (χ1v) is 12.6. The highest BCUT2D eigenvalue weighted by Gasteiger charge is 2.21. The molecule has 168 valence electrons. The number of esters is 1. The van der Waals surface area contributed by atoms with Gasteiger partial charge in [-0.25, -0.2) is 9.78 Å². The maximum absolute atomic E-state index is 12.4. The lowest BCUT2D eigenvalue weighted by molar-refractivity contribution is -0.119. The van der Waals surface area contributed by atoms with E-state index in [1.807, 2.05) is 36.4 Å². The van der Waals surface area contributed by atoms with Gasteiger partial charge in [0.1, 0.15) is 9.88 Å². The quantitative estimate of drug-likeness (QED) is 0.346. The number of benzene rings is 2. The number of hydrogen-bond donors (Lipinski definition) is 1. The van der Waals surface area contributed by atoms with Crippen LogP contribution < -0.4 is 5.32 Å². The van der Waals surface area contributed by atoms with Gasteiger partial charge in [-0.3, -0.25) is 4.79 Å². The molecule has 2 aromatic heterocycles. The number of aromatic nitrogens is 1. The molecule has 0 saturated heterocycles. The van der Waals surface area contributed by atoms with E-state index in [9.17, 15) is 9.59 Å². The topological polar surface area (TPSA) is 68.3 Å². The molecule has 0 unspecified atom stereocenters. The zero-order valence-corrected chi connectivity index (χ0v) is 20.1. The molecule has 1 aliphatic rings. The minimum Gasteiger partial charge on any atom is -0.451 e. The van der Waals surface area contributed by atoms with E-state index in [2.05, 4.69) is 31.3 Å². The second kappa shape index (κ2) is 9.08. The van der Waals surface area contributed by atoms with Gasteiger partial charge in [0.2, 0.25) is 0 Å². The molecule has 1 atom stereocenters. The van der Waals surface area contributed by atoms with Crippen molar-refractivity contribution in [3.05, 3.63) is 69.4 Å². The largest absolute Gasteiger partial charge is 0.451 e. The van der Waals surface area contributed by atoms with Gasteiger partial charge in [-0.05, 0) is 85.7 Å². The van der Waals surface area contributed by atoms with Crippen LogP contribution in [0.5, 0.6) is 0 Å². The van der Waals surface area contributed by atoms with Crippen LogP contribution in [-0.4, -0.2) is 23.5 Å². The number of amides is 1. The Morgan fingerprint density at radius 2 is 1.94 bits per heavy atom. The second-order valence-electron chi connectivity index (χ2n) is 8.60. The number of aryl methyl sites for hydroxylation is 2. The number of thiazole rings is 1. The lowest BCUT2D eigenvalue weighted by Gasteiger charge is -2.16. The van der Waals surface area contributed by atoms with Crippen molar-refractivity contribution in [2.75, 3.05) is 11.9 Å². The lowest BCUT2D eigenvalue weighted by Crippen LogP contribution is -2.20. The summed E-state index contributed by atoms with van der Waals surface area (Å²) in [7, 11) is 0. The monoisotopic (exact) mass is 476 g/mol. The Labute approximate surface area is 200 Å². The fraction of sp³-hybridized carbons (Fsp3) is 0.269. The molecule has 33 heavy (non-hydrogen) atoms. The lowest BCUT2D eigenvalue weighted by atomic mass is 9.90. The molecule has 1 amide bonds. The number of nitrogens with zero attached hydrogens (tertiary/aromatic N) is 1. The highest BCUT2D eigenvalue weighted by molar-refractivity contribution is 7.21. The third kappa shape index (κ3) is 4.84. The normalized spacial score (nSPS) is 15.3. The highest BCUT2D eigenvalue weighted by Crippen LogP contribution is 2.33. The highest BCUT2D eigenvalue weighted by atomic mass is 32.1. The summed E-state index contributed by atoms with van der Waals surface area (Å²) < 4.78 is 6.41. The molecular formula is C26H24N2O3S2. The molecule has 2 heterocycles. The van der Waals surface area contributed by atoms with Gasteiger partial charge in [0, 0.05) is 16.1 Å². The number of ether oxygens (including phenoxy) is 1. The Morgan fingerprint density at radius 1 is 1.12 bits per heavy atom. The van der Waals surface area contributed by atoms with Gasteiger partial charge in [-0.2, -0.15) is 0 Å². The Balaban J connectivity index is 1.17. The first-order valence-electron chi connectivity index (χ1n) is 11.0. The SMILES string of the molecule is Cc1ccc2nc(-c3ccc(NC(=O)COC(=O)c4cc5c(s4)CC[C@H](C)C5)cc3)sc2c1. The number of nitrogens with one attached hydrogen (secondary N) is 1. The predicted molar refractivity (Wildman–Crippen MR) is 134 cm³/mol. The molecule has 7 heteroatoms. The molecule has 0 bridgehead atoms. The van der Waals surface area contributed by atoms with Crippen molar-refractivity contribution in [3.63, 3.8) is 0 Å². The van der Waals surface area contributed by atoms with E-state index in [0.717, 1.165) is 40.1 Å². The third-order valence-electron chi connectivity index (χ3n) is 5.82. The number of hydrogen-bond acceptors (Lipinski definition) is 6. The van der Waals surface area contributed by atoms with Crippen molar-refractivity contribution in [2.24, 2.45) is 5.92 Å². The molecule has 1 aliphatic carbocycles. The second-order valence-corrected chi connectivity index (χ2v) is 10.8. The van der Waals surface area contributed by atoms with Gasteiger partial charge in [0.25, 0.3) is 5.91 Å². The summed E-state index contributed by atoms with van der Waals surface area (Å²) in [5.41, 5.74) is 5.09. The average molecular weight is 477 g/mol. The maximum Gasteiger partial charge on any atom is 0.348 e. The van der Waals surface area contributed by atoms with E-state index in [1.165, 1.54) is 27.3 Å². The molecule has 0 aliphatic heterocycles. The van der Waals surface area contributed by atoms with Gasteiger partial charge >= 0.3 is 5.97 Å². The van der Waals surface area contributed by atoms with E-state index in [4.69, 9.17) is 9.72 Å². The molecule has 5 nitrogen and oxygen atoms in total. The number of thiophene rings is 1. The van der Waals surface area contributed by atoms with E-state index >= 15 is 0 Å². The van der Waals surface area contributed by atoms with Gasteiger partial charge in [0.05, 0.1) is 10.2 Å². The molecule has 0 fully saturated rings. The van der Waals surface area contributed by atoms with Crippen LogP contribution in [0.25, 0.3) is 20.8 Å².